The van der Waals surface area contributed by atoms with Gasteiger partial charge in [-0.3, -0.25) is 4.98 Å². The van der Waals surface area contributed by atoms with Crippen LogP contribution in [0.25, 0.3) is 110 Å². The predicted molar refractivity (Wildman–Crippen MR) is 266 cm³/mol. The molecule has 0 saturated carbocycles. The number of furan rings is 2. The molecule has 5 heterocycles. The minimum absolute atomic E-state index is 0.575. The molecule has 5 aromatic heterocycles. The van der Waals surface area contributed by atoms with E-state index < -0.39 is 0 Å². The lowest BCUT2D eigenvalue weighted by atomic mass is 9.99. The monoisotopic (exact) mass is 847 g/mol. The Balaban J connectivity index is 0.856. The number of rotatable bonds is 7. The fourth-order valence-electron chi connectivity index (χ4n) is 10.4. The van der Waals surface area contributed by atoms with Gasteiger partial charge in [-0.25, -0.2) is 0 Å². The molecule has 13 rings (SSSR count). The number of fused-ring (bicyclic) bond motifs is 12. The molecule has 0 N–H and O–H groups in total. The van der Waals surface area contributed by atoms with Crippen molar-refractivity contribution >= 4 is 87.6 Å². The van der Waals surface area contributed by atoms with Gasteiger partial charge in [0.1, 0.15) is 22.3 Å². The molecule has 0 spiro atoms. The molecule has 13 aromatic rings. The third kappa shape index (κ3) is 5.70. The van der Waals surface area contributed by atoms with Crippen molar-refractivity contribution in [2.45, 2.75) is 26.2 Å². The van der Waals surface area contributed by atoms with Gasteiger partial charge in [0, 0.05) is 60.8 Å². The van der Waals surface area contributed by atoms with Crippen molar-refractivity contribution in [1.82, 2.24) is 14.1 Å². The molecule has 0 aliphatic heterocycles. The molecular formula is C59H37N5O2. The van der Waals surface area contributed by atoms with Gasteiger partial charge in [-0.1, -0.05) is 66.7 Å². The smallest absolute Gasteiger partial charge is 0.157 e. The maximum Gasteiger partial charge on any atom is 0.157 e. The van der Waals surface area contributed by atoms with E-state index in [1.165, 1.54) is 38.6 Å². The van der Waals surface area contributed by atoms with Crippen LogP contribution in [0.15, 0.2) is 179 Å². The van der Waals surface area contributed by atoms with Crippen molar-refractivity contribution in [3.63, 3.8) is 0 Å². The first-order valence-corrected chi connectivity index (χ1v) is 22.3. The van der Waals surface area contributed by atoms with Crippen molar-refractivity contribution < 1.29 is 8.83 Å². The summed E-state index contributed by atoms with van der Waals surface area (Å²) in [4.78, 5) is 4.86. The fraction of sp³-hybridized carbons (Fsp3) is 0.0678. The number of nitriles is 2. The third-order valence-electron chi connectivity index (χ3n) is 13.5. The van der Waals surface area contributed by atoms with E-state index in [0.717, 1.165) is 107 Å². The van der Waals surface area contributed by atoms with Crippen LogP contribution < -0.4 is 0 Å². The molecule has 66 heavy (non-hydrogen) atoms. The number of hydrogen-bond acceptors (Lipinski definition) is 5. The van der Waals surface area contributed by atoms with Crippen LogP contribution in [0.5, 0.6) is 0 Å². The molecule has 0 amide bonds. The lowest BCUT2D eigenvalue weighted by Gasteiger charge is -2.11. The van der Waals surface area contributed by atoms with E-state index in [2.05, 4.69) is 137 Å². The van der Waals surface area contributed by atoms with E-state index in [1.54, 1.807) is 0 Å². The maximum atomic E-state index is 9.69. The summed E-state index contributed by atoms with van der Waals surface area (Å²) in [7, 11) is 0. The number of aromatic nitrogens is 3. The first-order chi connectivity index (χ1) is 32.5. The van der Waals surface area contributed by atoms with Gasteiger partial charge in [-0.15, -0.1) is 0 Å². The highest BCUT2D eigenvalue weighted by molar-refractivity contribution is 6.14. The van der Waals surface area contributed by atoms with Gasteiger partial charge in [0.05, 0.1) is 45.3 Å². The van der Waals surface area contributed by atoms with Crippen LogP contribution in [0.1, 0.15) is 34.2 Å². The second kappa shape index (κ2) is 14.6. The van der Waals surface area contributed by atoms with Gasteiger partial charge in [0.15, 0.2) is 5.58 Å². The Morgan fingerprint density at radius 3 is 1.98 bits per heavy atom. The Kier molecular flexibility index (Phi) is 8.31. The van der Waals surface area contributed by atoms with E-state index in [4.69, 9.17) is 13.8 Å². The van der Waals surface area contributed by atoms with Gasteiger partial charge >= 0.3 is 0 Å². The Bertz CT molecular complexity index is 4190. The molecule has 0 atom stereocenters. The van der Waals surface area contributed by atoms with Crippen LogP contribution >= 0.6 is 0 Å². The average molecular weight is 848 g/mol. The van der Waals surface area contributed by atoms with Crippen LogP contribution in [0.4, 0.5) is 0 Å². The highest BCUT2D eigenvalue weighted by Gasteiger charge is 2.20. The topological polar surface area (TPSA) is 96.6 Å². The fourth-order valence-corrected chi connectivity index (χ4v) is 10.4. The Morgan fingerprint density at radius 2 is 1.18 bits per heavy atom. The zero-order valence-corrected chi connectivity index (χ0v) is 35.8. The van der Waals surface area contributed by atoms with E-state index in [0.29, 0.717) is 11.1 Å². The standard InChI is InChI=1S/C59H37N5O2/c1-35-8-2-4-14-50(35)64-53-21-16-36(28-45(53)48-31-40(19-24-54(48)64)42-12-7-13-44-43-11-3-5-15-55(43)66-59(42)44)9-6-10-39-26-27-62-57-49-32-41(20-25-56(49)65-58(39)57)63-51-22-17-37(33-60)29-46(51)47-30-38(34-61)18-23-52(47)63/h2-5,7-8,11-32H,6,9-10H2,1H3. The van der Waals surface area contributed by atoms with Crippen LogP contribution in [0.3, 0.4) is 0 Å². The molecule has 7 nitrogen and oxygen atoms in total. The van der Waals surface area contributed by atoms with Crippen LogP contribution in [0, 0.1) is 29.6 Å². The molecule has 0 aliphatic carbocycles. The largest absolute Gasteiger partial charge is 0.455 e. The molecule has 0 aliphatic rings. The molecule has 0 unspecified atom stereocenters. The summed E-state index contributed by atoms with van der Waals surface area (Å²) in [5, 5.41) is 26.9. The molecule has 310 valence electrons. The minimum atomic E-state index is 0.575. The summed E-state index contributed by atoms with van der Waals surface area (Å²) >= 11 is 0. The third-order valence-corrected chi connectivity index (χ3v) is 13.5. The second-order valence-electron chi connectivity index (χ2n) is 17.3. The summed E-state index contributed by atoms with van der Waals surface area (Å²) in [5.74, 6) is 0. The lowest BCUT2D eigenvalue weighted by molar-refractivity contribution is 0.658. The van der Waals surface area contributed by atoms with Crippen LogP contribution in [-0.2, 0) is 12.8 Å². The van der Waals surface area contributed by atoms with E-state index in [9.17, 15) is 10.5 Å². The van der Waals surface area contributed by atoms with Gasteiger partial charge in [0.2, 0.25) is 0 Å². The van der Waals surface area contributed by atoms with Gasteiger partial charge in [-0.05, 0) is 146 Å². The first-order valence-electron chi connectivity index (χ1n) is 22.3. The molecule has 0 saturated heterocycles. The van der Waals surface area contributed by atoms with Gasteiger partial charge in [0.25, 0.3) is 0 Å². The predicted octanol–water partition coefficient (Wildman–Crippen LogP) is 15.0. The highest BCUT2D eigenvalue weighted by Crippen LogP contribution is 2.41. The molecule has 0 radical (unpaired) electrons. The van der Waals surface area contributed by atoms with E-state index in [1.807, 2.05) is 60.8 Å². The van der Waals surface area contributed by atoms with Crippen LogP contribution in [0.2, 0.25) is 0 Å². The second-order valence-corrected chi connectivity index (χ2v) is 17.3. The molecule has 7 heteroatoms. The summed E-state index contributed by atoms with van der Waals surface area (Å²) in [5.41, 5.74) is 17.6. The molecule has 0 bridgehead atoms. The van der Waals surface area contributed by atoms with Crippen molar-refractivity contribution in [3.8, 4) is 34.6 Å². The van der Waals surface area contributed by atoms with Crippen molar-refractivity contribution in [2.75, 3.05) is 0 Å². The minimum Gasteiger partial charge on any atom is -0.455 e. The number of pyridine rings is 1. The van der Waals surface area contributed by atoms with E-state index in [-0.39, 0.29) is 0 Å². The molecular weight excluding hydrogens is 811 g/mol. The average Bonchev–Trinajstić information content (AvgIpc) is 4.11. The van der Waals surface area contributed by atoms with Crippen LogP contribution in [-0.4, -0.2) is 14.1 Å². The quantitative estimate of drug-likeness (QED) is 0.159. The number of hydrogen-bond donors (Lipinski definition) is 0. The summed E-state index contributed by atoms with van der Waals surface area (Å²) in [6, 6.07) is 61.4. The van der Waals surface area contributed by atoms with Gasteiger partial charge in [-0.2, -0.15) is 10.5 Å². The maximum absolute atomic E-state index is 9.69. The van der Waals surface area contributed by atoms with Crippen molar-refractivity contribution in [3.05, 3.63) is 198 Å². The SMILES string of the molecule is Cc1ccccc1-n1c2ccc(CCCc3ccnc4c3oc3ccc(-n5c6ccc(C#N)cc6c6cc(C#N)ccc65)cc34)cc2c2cc(-c3cccc4c3oc3ccccc34)ccc21. The number of para-hydroxylation sites is 3. The normalized spacial score (nSPS) is 11.9. The van der Waals surface area contributed by atoms with Crippen molar-refractivity contribution in [1.29, 1.82) is 10.5 Å². The van der Waals surface area contributed by atoms with Crippen molar-refractivity contribution in [2.24, 2.45) is 0 Å². The zero-order chi connectivity index (χ0) is 44.0. The Labute approximate surface area is 378 Å². The summed E-state index contributed by atoms with van der Waals surface area (Å²) < 4.78 is 17.7. The summed E-state index contributed by atoms with van der Waals surface area (Å²) in [6.07, 6.45) is 4.55. The number of aryl methyl sites for hydroxylation is 3. The van der Waals surface area contributed by atoms with Gasteiger partial charge < -0.3 is 18.0 Å². The Morgan fingerprint density at radius 1 is 0.515 bits per heavy atom. The number of nitrogens with zero attached hydrogens (tertiary/aromatic N) is 5. The Hall–Kier alpha value is -8.91. The molecule has 0 fully saturated rings. The first kappa shape index (κ1) is 37.6. The zero-order valence-electron chi connectivity index (χ0n) is 35.8. The van der Waals surface area contributed by atoms with E-state index >= 15 is 0 Å². The highest BCUT2D eigenvalue weighted by atomic mass is 16.3. The lowest BCUT2D eigenvalue weighted by Crippen LogP contribution is -1.97. The molecule has 8 aromatic carbocycles. The number of benzene rings is 8. The summed E-state index contributed by atoms with van der Waals surface area (Å²) in [6.45, 7) is 2.18.